The monoisotopic (exact) mass is 627 g/mol. The molecule has 0 heterocycles. The number of aliphatic hydroxyl groups excluding tert-OH is 1. The normalized spacial score (nSPS) is 12.6. The zero-order chi connectivity index (χ0) is 32.5. The van der Waals surface area contributed by atoms with E-state index >= 15 is 0 Å². The molecule has 0 aromatic carbocycles. The number of carboxylic acids is 1. The lowest BCUT2D eigenvalue weighted by molar-refractivity contribution is -0.170. The van der Waals surface area contributed by atoms with Crippen molar-refractivity contribution in [1.29, 1.82) is 0 Å². The van der Waals surface area contributed by atoms with Crippen LogP contribution in [0, 0.1) is 0 Å². The first-order valence-electron chi connectivity index (χ1n) is 18.6. The fourth-order valence-corrected chi connectivity index (χ4v) is 5.85. The third-order valence-electron chi connectivity index (χ3n) is 8.56. The second kappa shape index (κ2) is 32.8. The van der Waals surface area contributed by atoms with Crippen LogP contribution in [-0.2, 0) is 23.9 Å². The van der Waals surface area contributed by atoms with Crippen molar-refractivity contribution >= 4 is 17.9 Å². The number of rotatable bonds is 34. The summed E-state index contributed by atoms with van der Waals surface area (Å²) in [5.41, 5.74) is 0. The van der Waals surface area contributed by atoms with Gasteiger partial charge in [-0.05, 0) is 25.7 Å². The standard InChI is InChI=1S/C37H70O7/c1-3-4-5-6-7-8-9-11-16-19-22-25-28-31-37(42)44-35(32-38)34(43-33(2)39)29-26-23-20-17-14-12-10-13-15-18-21-24-27-30-36(40)41/h34-35,38H,3-32H2,1-2H3,(H,40,41). The third kappa shape index (κ3) is 30.4. The summed E-state index contributed by atoms with van der Waals surface area (Å²) in [6, 6.07) is 0. The molecule has 0 rings (SSSR count). The first-order valence-corrected chi connectivity index (χ1v) is 18.6. The van der Waals surface area contributed by atoms with E-state index in [9.17, 15) is 19.5 Å². The summed E-state index contributed by atoms with van der Waals surface area (Å²) in [5.74, 6) is -1.43. The Bertz CT molecular complexity index is 666. The number of esters is 2. The minimum absolute atomic E-state index is 0.291. The van der Waals surface area contributed by atoms with E-state index in [1.165, 1.54) is 116 Å². The van der Waals surface area contributed by atoms with Gasteiger partial charge in [0.15, 0.2) is 6.10 Å². The van der Waals surface area contributed by atoms with Gasteiger partial charge in [-0.2, -0.15) is 0 Å². The fraction of sp³-hybridized carbons (Fsp3) is 0.919. The van der Waals surface area contributed by atoms with Crippen LogP contribution >= 0.6 is 0 Å². The second-order valence-corrected chi connectivity index (χ2v) is 12.9. The second-order valence-electron chi connectivity index (χ2n) is 12.9. The van der Waals surface area contributed by atoms with Crippen LogP contribution in [-0.4, -0.2) is 46.9 Å². The van der Waals surface area contributed by atoms with Crippen molar-refractivity contribution in [2.75, 3.05) is 6.61 Å². The molecule has 2 N–H and O–H groups in total. The fourth-order valence-electron chi connectivity index (χ4n) is 5.85. The van der Waals surface area contributed by atoms with Crippen LogP contribution < -0.4 is 0 Å². The van der Waals surface area contributed by atoms with Crippen molar-refractivity contribution in [3.8, 4) is 0 Å². The molecule has 0 saturated carbocycles. The van der Waals surface area contributed by atoms with Crippen LogP contribution in [0.15, 0.2) is 0 Å². The molecule has 0 aromatic rings. The summed E-state index contributed by atoms with van der Waals surface area (Å²) in [6.45, 7) is 3.27. The van der Waals surface area contributed by atoms with Gasteiger partial charge in [0.25, 0.3) is 0 Å². The highest BCUT2D eigenvalue weighted by Crippen LogP contribution is 2.18. The average molecular weight is 627 g/mol. The van der Waals surface area contributed by atoms with E-state index < -0.39 is 24.1 Å². The van der Waals surface area contributed by atoms with Gasteiger partial charge < -0.3 is 19.7 Å². The van der Waals surface area contributed by atoms with E-state index in [1.54, 1.807) is 0 Å². The first kappa shape index (κ1) is 42.4. The molecular weight excluding hydrogens is 556 g/mol. The molecule has 0 saturated heterocycles. The van der Waals surface area contributed by atoms with Gasteiger partial charge in [-0.3, -0.25) is 14.4 Å². The predicted molar refractivity (Wildman–Crippen MR) is 180 cm³/mol. The molecule has 0 aliphatic rings. The number of hydrogen-bond acceptors (Lipinski definition) is 6. The predicted octanol–water partition coefficient (Wildman–Crippen LogP) is 10.2. The smallest absolute Gasteiger partial charge is 0.306 e. The summed E-state index contributed by atoms with van der Waals surface area (Å²) in [5, 5.41) is 18.5. The Labute approximate surface area is 270 Å². The molecule has 0 aromatic heterocycles. The summed E-state index contributed by atoms with van der Waals surface area (Å²) < 4.78 is 11.0. The number of hydrogen-bond donors (Lipinski definition) is 2. The van der Waals surface area contributed by atoms with Gasteiger partial charge in [-0.1, -0.05) is 155 Å². The molecule has 7 heteroatoms. The van der Waals surface area contributed by atoms with Gasteiger partial charge in [0.2, 0.25) is 0 Å². The number of carboxylic acid groups (broad SMARTS) is 1. The van der Waals surface area contributed by atoms with E-state index in [4.69, 9.17) is 14.6 Å². The molecule has 2 atom stereocenters. The maximum Gasteiger partial charge on any atom is 0.306 e. The molecule has 0 aliphatic heterocycles. The average Bonchev–Trinajstić information content (AvgIpc) is 2.99. The lowest BCUT2D eigenvalue weighted by atomic mass is 10.0. The van der Waals surface area contributed by atoms with Crippen molar-refractivity contribution in [3.63, 3.8) is 0 Å². The molecule has 0 amide bonds. The lowest BCUT2D eigenvalue weighted by Gasteiger charge is -2.25. The van der Waals surface area contributed by atoms with E-state index in [2.05, 4.69) is 6.92 Å². The highest BCUT2D eigenvalue weighted by Gasteiger charge is 2.27. The molecule has 260 valence electrons. The molecular formula is C37H70O7. The van der Waals surface area contributed by atoms with Crippen molar-refractivity contribution < 1.29 is 34.1 Å². The van der Waals surface area contributed by atoms with Crippen LogP contribution in [0.3, 0.4) is 0 Å². The van der Waals surface area contributed by atoms with E-state index in [0.717, 1.165) is 57.8 Å². The minimum Gasteiger partial charge on any atom is -0.481 e. The SMILES string of the molecule is CCCCCCCCCCCCCCCC(=O)OC(CO)C(CCCCCCCCCCCCCCCC(=O)O)OC(C)=O. The summed E-state index contributed by atoms with van der Waals surface area (Å²) in [4.78, 5) is 34.6. The number of unbranched alkanes of at least 4 members (excludes halogenated alkanes) is 24. The molecule has 7 nitrogen and oxygen atoms in total. The highest BCUT2D eigenvalue weighted by atomic mass is 16.6. The molecule has 0 spiro atoms. The minimum atomic E-state index is -0.800. The van der Waals surface area contributed by atoms with Gasteiger partial charge in [0.1, 0.15) is 6.10 Å². The van der Waals surface area contributed by atoms with Gasteiger partial charge in [-0.25, -0.2) is 0 Å². The number of carbonyl (C=O) groups is 3. The molecule has 2 unspecified atom stereocenters. The summed E-state index contributed by atoms with van der Waals surface area (Å²) >= 11 is 0. The highest BCUT2D eigenvalue weighted by molar-refractivity contribution is 5.69. The van der Waals surface area contributed by atoms with Crippen molar-refractivity contribution in [1.82, 2.24) is 0 Å². The first-order chi connectivity index (χ1) is 21.4. The number of ether oxygens (including phenoxy) is 2. The van der Waals surface area contributed by atoms with Crippen molar-refractivity contribution in [3.05, 3.63) is 0 Å². The topological polar surface area (TPSA) is 110 Å². The molecule has 44 heavy (non-hydrogen) atoms. The Balaban J connectivity index is 3.88. The van der Waals surface area contributed by atoms with E-state index in [0.29, 0.717) is 19.3 Å². The van der Waals surface area contributed by atoms with Crippen molar-refractivity contribution in [2.24, 2.45) is 0 Å². The van der Waals surface area contributed by atoms with Gasteiger partial charge in [0.05, 0.1) is 6.61 Å². The Kier molecular flexibility index (Phi) is 31.5. The van der Waals surface area contributed by atoms with E-state index in [-0.39, 0.29) is 12.6 Å². The van der Waals surface area contributed by atoms with E-state index in [1.807, 2.05) is 0 Å². The maximum atomic E-state index is 12.4. The van der Waals surface area contributed by atoms with Crippen LogP contribution in [0.4, 0.5) is 0 Å². The Hall–Kier alpha value is -1.63. The van der Waals surface area contributed by atoms with Crippen molar-refractivity contribution in [2.45, 2.75) is 212 Å². The molecule has 0 bridgehead atoms. The van der Waals surface area contributed by atoms with Gasteiger partial charge in [0, 0.05) is 19.8 Å². The van der Waals surface area contributed by atoms with Gasteiger partial charge >= 0.3 is 17.9 Å². The lowest BCUT2D eigenvalue weighted by Crippen LogP contribution is -2.37. The number of aliphatic hydroxyl groups is 1. The molecule has 0 radical (unpaired) electrons. The zero-order valence-corrected chi connectivity index (χ0v) is 28.8. The molecule has 0 fully saturated rings. The van der Waals surface area contributed by atoms with Crippen LogP contribution in [0.1, 0.15) is 200 Å². The van der Waals surface area contributed by atoms with Gasteiger partial charge in [-0.15, -0.1) is 0 Å². The maximum absolute atomic E-state index is 12.4. The summed E-state index contributed by atoms with van der Waals surface area (Å²) in [6.07, 6.45) is 30.7. The summed E-state index contributed by atoms with van der Waals surface area (Å²) in [7, 11) is 0. The Morgan fingerprint density at radius 2 is 0.864 bits per heavy atom. The quantitative estimate of drug-likeness (QED) is 0.0540. The Morgan fingerprint density at radius 3 is 1.23 bits per heavy atom. The number of carbonyl (C=O) groups excluding carboxylic acids is 2. The van der Waals surface area contributed by atoms with Crippen LogP contribution in [0.5, 0.6) is 0 Å². The van der Waals surface area contributed by atoms with Crippen LogP contribution in [0.25, 0.3) is 0 Å². The van der Waals surface area contributed by atoms with Crippen LogP contribution in [0.2, 0.25) is 0 Å². The third-order valence-corrected chi connectivity index (χ3v) is 8.56. The Morgan fingerprint density at radius 1 is 0.500 bits per heavy atom. The zero-order valence-electron chi connectivity index (χ0n) is 28.8. The largest absolute Gasteiger partial charge is 0.481 e. The molecule has 0 aliphatic carbocycles. The number of aliphatic carboxylic acids is 1.